The predicted octanol–water partition coefficient (Wildman–Crippen LogP) is 1.89. The summed E-state index contributed by atoms with van der Waals surface area (Å²) in [7, 11) is 3.35. The molecule has 2 rings (SSSR count). The summed E-state index contributed by atoms with van der Waals surface area (Å²) in [6.07, 6.45) is -0.641. The maximum absolute atomic E-state index is 11.2. The lowest BCUT2D eigenvalue weighted by molar-refractivity contribution is -0.383. The number of non-ortho nitro benzene ring substituents is 1. The Morgan fingerprint density at radius 3 is 2.86 bits per heavy atom. The first-order valence-electron chi connectivity index (χ1n) is 6.87. The number of aryl methyl sites for hydroxylation is 1. The molecule has 7 nitrogen and oxygen atoms in total. The van der Waals surface area contributed by atoms with Crippen LogP contribution in [0.4, 0.5) is 11.4 Å². The summed E-state index contributed by atoms with van der Waals surface area (Å²) in [5.74, 6) is 0. The molecule has 0 amide bonds. The van der Waals surface area contributed by atoms with E-state index in [4.69, 9.17) is 4.74 Å². The Bertz CT molecular complexity index is 690. The lowest BCUT2D eigenvalue weighted by atomic mass is 10.1. The van der Waals surface area contributed by atoms with Crippen molar-refractivity contribution < 1.29 is 14.8 Å². The van der Waals surface area contributed by atoms with E-state index in [9.17, 15) is 15.2 Å². The lowest BCUT2D eigenvalue weighted by Crippen LogP contribution is -2.32. The topological polar surface area (TPSA) is 88.7 Å². The van der Waals surface area contributed by atoms with Gasteiger partial charge in [-0.3, -0.25) is 10.1 Å². The summed E-state index contributed by atoms with van der Waals surface area (Å²) in [4.78, 5) is 16.9. The molecule has 0 aliphatic rings. The molecule has 1 N–H and O–H groups in total. The van der Waals surface area contributed by atoms with Gasteiger partial charge < -0.3 is 14.7 Å². The summed E-state index contributed by atoms with van der Waals surface area (Å²) in [5.41, 5.74) is 1.81. The number of benzene rings is 1. The number of anilines is 1. The first-order valence-corrected chi connectivity index (χ1v) is 6.87. The van der Waals surface area contributed by atoms with Gasteiger partial charge in [0.15, 0.2) is 5.52 Å². The first kappa shape index (κ1) is 16.1. The van der Waals surface area contributed by atoms with E-state index in [0.717, 1.165) is 5.69 Å². The third-order valence-electron chi connectivity index (χ3n) is 3.38. The molecule has 7 heteroatoms. The lowest BCUT2D eigenvalue weighted by Gasteiger charge is -2.24. The van der Waals surface area contributed by atoms with Gasteiger partial charge in [0, 0.05) is 43.5 Å². The number of rotatable bonds is 6. The molecule has 1 atom stereocenters. The van der Waals surface area contributed by atoms with Crippen LogP contribution < -0.4 is 4.90 Å². The minimum absolute atomic E-state index is 0.0201. The molecule has 0 aliphatic heterocycles. The predicted molar refractivity (Wildman–Crippen MR) is 84.3 cm³/mol. The molecule has 1 aromatic carbocycles. The number of pyridine rings is 1. The van der Waals surface area contributed by atoms with Crippen LogP contribution >= 0.6 is 0 Å². The second kappa shape index (κ2) is 6.67. The molecule has 0 radical (unpaired) electrons. The van der Waals surface area contributed by atoms with Crippen LogP contribution in [0.1, 0.15) is 5.69 Å². The van der Waals surface area contributed by atoms with E-state index in [2.05, 4.69) is 4.98 Å². The Morgan fingerprint density at radius 2 is 2.23 bits per heavy atom. The van der Waals surface area contributed by atoms with Gasteiger partial charge in [-0.2, -0.15) is 0 Å². The van der Waals surface area contributed by atoms with E-state index in [0.29, 0.717) is 23.1 Å². The van der Waals surface area contributed by atoms with Crippen LogP contribution in [0.3, 0.4) is 0 Å². The van der Waals surface area contributed by atoms with Crippen molar-refractivity contribution in [2.45, 2.75) is 13.0 Å². The minimum atomic E-state index is -0.641. The summed E-state index contributed by atoms with van der Waals surface area (Å²) in [5, 5.41) is 21.7. The van der Waals surface area contributed by atoms with Gasteiger partial charge in [-0.25, -0.2) is 4.98 Å². The Hall–Kier alpha value is -2.25. The van der Waals surface area contributed by atoms with E-state index in [1.807, 2.05) is 18.0 Å². The van der Waals surface area contributed by atoms with Gasteiger partial charge in [-0.15, -0.1) is 0 Å². The fraction of sp³-hybridized carbons (Fsp3) is 0.400. The number of para-hydroxylation sites is 1. The van der Waals surface area contributed by atoms with Crippen LogP contribution in [0, 0.1) is 17.0 Å². The van der Waals surface area contributed by atoms with Crippen molar-refractivity contribution in [1.29, 1.82) is 0 Å². The number of nitrogens with zero attached hydrogens (tertiary/aromatic N) is 3. The van der Waals surface area contributed by atoms with Crippen LogP contribution in [-0.4, -0.2) is 48.4 Å². The molecule has 118 valence electrons. The molecular weight excluding hydrogens is 286 g/mol. The molecular formula is C15H19N3O4. The van der Waals surface area contributed by atoms with Crippen molar-refractivity contribution in [2.24, 2.45) is 0 Å². The van der Waals surface area contributed by atoms with Crippen LogP contribution in [0.2, 0.25) is 0 Å². The van der Waals surface area contributed by atoms with E-state index < -0.39 is 11.0 Å². The van der Waals surface area contributed by atoms with Crippen molar-refractivity contribution in [3.8, 4) is 0 Å². The Morgan fingerprint density at radius 1 is 1.50 bits per heavy atom. The molecule has 22 heavy (non-hydrogen) atoms. The summed E-state index contributed by atoms with van der Waals surface area (Å²) < 4.78 is 4.92. The second-order valence-electron chi connectivity index (χ2n) is 5.20. The quantitative estimate of drug-likeness (QED) is 0.647. The van der Waals surface area contributed by atoms with Crippen molar-refractivity contribution in [2.75, 3.05) is 32.2 Å². The Balaban J connectivity index is 2.50. The molecule has 0 saturated carbocycles. The van der Waals surface area contributed by atoms with Crippen molar-refractivity contribution in [3.05, 3.63) is 40.1 Å². The average Bonchev–Trinajstić information content (AvgIpc) is 2.45. The van der Waals surface area contributed by atoms with Crippen LogP contribution in [0.5, 0.6) is 0 Å². The summed E-state index contributed by atoms with van der Waals surface area (Å²) >= 11 is 0. The monoisotopic (exact) mass is 305 g/mol. The third-order valence-corrected chi connectivity index (χ3v) is 3.38. The molecule has 0 unspecified atom stereocenters. The fourth-order valence-electron chi connectivity index (χ4n) is 2.46. The maximum atomic E-state index is 11.2. The zero-order valence-corrected chi connectivity index (χ0v) is 12.8. The van der Waals surface area contributed by atoms with Crippen molar-refractivity contribution in [1.82, 2.24) is 4.98 Å². The standard InChI is InChI=1S/C15H19N3O4/c1-10-7-14(17(2)8-11(19)9-22-3)12-5-4-6-13(18(20)21)15(12)16-10/h4-7,11,19H,8-9H2,1-3H3/t11-/m1/s1. The normalized spacial score (nSPS) is 12.4. The Kier molecular flexibility index (Phi) is 4.89. The maximum Gasteiger partial charge on any atom is 0.295 e. The molecule has 0 bridgehead atoms. The first-order chi connectivity index (χ1) is 10.4. The zero-order chi connectivity index (χ0) is 16.3. The number of fused-ring (bicyclic) bond motifs is 1. The van der Waals surface area contributed by atoms with Crippen molar-refractivity contribution in [3.63, 3.8) is 0 Å². The number of hydrogen-bond donors (Lipinski definition) is 1. The smallest absolute Gasteiger partial charge is 0.295 e. The number of methoxy groups -OCH3 is 1. The van der Waals surface area contributed by atoms with Gasteiger partial charge in [-0.1, -0.05) is 12.1 Å². The highest BCUT2D eigenvalue weighted by Gasteiger charge is 2.18. The van der Waals surface area contributed by atoms with Gasteiger partial charge >= 0.3 is 0 Å². The number of aliphatic hydroxyl groups is 1. The highest BCUT2D eigenvalue weighted by molar-refractivity contribution is 5.97. The number of aliphatic hydroxyl groups excluding tert-OH is 1. The minimum Gasteiger partial charge on any atom is -0.389 e. The molecule has 0 saturated heterocycles. The van der Waals surface area contributed by atoms with Crippen LogP contribution in [0.25, 0.3) is 10.9 Å². The van der Waals surface area contributed by atoms with E-state index >= 15 is 0 Å². The molecule has 0 spiro atoms. The van der Waals surface area contributed by atoms with E-state index in [1.165, 1.54) is 13.2 Å². The second-order valence-corrected chi connectivity index (χ2v) is 5.20. The molecule has 2 aromatic rings. The number of likely N-dealkylation sites (N-methyl/N-ethyl adjacent to an activating group) is 1. The highest BCUT2D eigenvalue weighted by Crippen LogP contribution is 2.31. The van der Waals surface area contributed by atoms with Gasteiger partial charge in [0.05, 0.1) is 17.6 Å². The number of aromatic nitrogens is 1. The fourth-order valence-corrected chi connectivity index (χ4v) is 2.46. The van der Waals surface area contributed by atoms with Gasteiger partial charge in [0.2, 0.25) is 0 Å². The SMILES string of the molecule is COC[C@H](O)CN(C)c1cc(C)nc2c([N+](=O)[O-])cccc12. The number of nitro benzene ring substituents is 1. The highest BCUT2D eigenvalue weighted by atomic mass is 16.6. The molecule has 1 heterocycles. The average molecular weight is 305 g/mol. The van der Waals surface area contributed by atoms with Crippen molar-refractivity contribution >= 4 is 22.3 Å². The van der Waals surface area contributed by atoms with Gasteiger partial charge in [0.1, 0.15) is 0 Å². The molecule has 0 aliphatic carbocycles. The van der Waals surface area contributed by atoms with E-state index in [-0.39, 0.29) is 12.3 Å². The summed E-state index contributed by atoms with van der Waals surface area (Å²) in [6.45, 7) is 2.38. The van der Waals surface area contributed by atoms with Crippen LogP contribution in [-0.2, 0) is 4.74 Å². The third kappa shape index (κ3) is 3.32. The van der Waals surface area contributed by atoms with Crippen LogP contribution in [0.15, 0.2) is 24.3 Å². The summed E-state index contributed by atoms with van der Waals surface area (Å²) in [6, 6.07) is 6.73. The zero-order valence-electron chi connectivity index (χ0n) is 12.8. The van der Waals surface area contributed by atoms with E-state index in [1.54, 1.807) is 19.1 Å². The largest absolute Gasteiger partial charge is 0.389 e. The Labute approximate surface area is 128 Å². The molecule has 1 aromatic heterocycles. The number of hydrogen-bond acceptors (Lipinski definition) is 6. The number of nitro groups is 1. The number of ether oxygens (including phenoxy) is 1. The van der Waals surface area contributed by atoms with Gasteiger partial charge in [-0.05, 0) is 13.0 Å². The molecule has 0 fully saturated rings. The van der Waals surface area contributed by atoms with Gasteiger partial charge in [0.25, 0.3) is 5.69 Å².